The fourth-order valence-electron chi connectivity index (χ4n) is 3.98. The lowest BCUT2D eigenvalue weighted by Crippen LogP contribution is -2.12. The van der Waals surface area contributed by atoms with Crippen molar-refractivity contribution >= 4 is 0 Å². The van der Waals surface area contributed by atoms with E-state index in [1.54, 1.807) is 0 Å². The Labute approximate surface area is 150 Å². The summed E-state index contributed by atoms with van der Waals surface area (Å²) in [5.74, 6) is 1.70. The lowest BCUT2D eigenvalue weighted by atomic mass is 9.79. The van der Waals surface area contributed by atoms with Gasteiger partial charge in [-0.1, -0.05) is 110 Å². The molecule has 1 rings (SSSR count). The molecule has 1 heteroatoms. The van der Waals surface area contributed by atoms with Gasteiger partial charge in [0.05, 0.1) is 0 Å². The highest BCUT2D eigenvalue weighted by Crippen LogP contribution is 2.38. The lowest BCUT2D eigenvalue weighted by Gasteiger charge is -2.26. The number of aromatic hydroxyl groups is 1. The SMILES string of the molecule is CCCCCCCCCCCC(c1ccccc1O)C(CC)CC. The average Bonchev–Trinajstić information content (AvgIpc) is 2.60. The maximum atomic E-state index is 10.3. The van der Waals surface area contributed by atoms with Crippen LogP contribution in [0.25, 0.3) is 0 Å². The second-order valence-corrected chi connectivity index (χ2v) is 7.36. The molecule has 0 fully saturated rings. The number of phenolic OH excluding ortho intramolecular Hbond substituents is 1. The third-order valence-corrected chi connectivity index (χ3v) is 5.57. The smallest absolute Gasteiger partial charge is 0.119 e. The van der Waals surface area contributed by atoms with Gasteiger partial charge in [-0.3, -0.25) is 0 Å². The molecule has 0 heterocycles. The fourth-order valence-corrected chi connectivity index (χ4v) is 3.98. The topological polar surface area (TPSA) is 20.2 Å². The summed E-state index contributed by atoms with van der Waals surface area (Å²) in [7, 11) is 0. The van der Waals surface area contributed by atoms with Gasteiger partial charge in [-0.15, -0.1) is 0 Å². The zero-order valence-corrected chi connectivity index (χ0v) is 16.4. The predicted molar refractivity (Wildman–Crippen MR) is 107 cm³/mol. The predicted octanol–water partition coefficient (Wildman–Crippen LogP) is 7.83. The molecule has 0 aliphatic rings. The lowest BCUT2D eigenvalue weighted by molar-refractivity contribution is 0.354. The standard InChI is InChI=1S/C23H40O/c1-4-7-8-9-10-11-12-13-14-17-21(20(5-2)6-3)22-18-15-16-19-23(22)24/h15-16,18-21,24H,4-14,17H2,1-3H3. The van der Waals surface area contributed by atoms with E-state index in [4.69, 9.17) is 0 Å². The van der Waals surface area contributed by atoms with Crippen molar-refractivity contribution < 1.29 is 5.11 Å². The molecule has 0 aliphatic heterocycles. The Bertz CT molecular complexity index is 408. The van der Waals surface area contributed by atoms with E-state index in [0.29, 0.717) is 17.6 Å². The van der Waals surface area contributed by atoms with Crippen molar-refractivity contribution in [3.05, 3.63) is 29.8 Å². The summed E-state index contributed by atoms with van der Waals surface area (Å²) >= 11 is 0. The van der Waals surface area contributed by atoms with Crippen molar-refractivity contribution in [1.82, 2.24) is 0 Å². The van der Waals surface area contributed by atoms with Gasteiger partial charge in [0, 0.05) is 0 Å². The Kier molecular flexibility index (Phi) is 11.7. The molecule has 1 atom stereocenters. The number of hydrogen-bond donors (Lipinski definition) is 1. The summed E-state index contributed by atoms with van der Waals surface area (Å²) in [4.78, 5) is 0. The summed E-state index contributed by atoms with van der Waals surface area (Å²) < 4.78 is 0. The summed E-state index contributed by atoms with van der Waals surface area (Å²) in [6, 6.07) is 7.98. The molecule has 1 N–H and O–H groups in total. The maximum Gasteiger partial charge on any atom is 0.119 e. The summed E-state index contributed by atoms with van der Waals surface area (Å²) in [5, 5.41) is 10.3. The van der Waals surface area contributed by atoms with E-state index in [0.717, 1.165) is 0 Å². The van der Waals surface area contributed by atoms with E-state index in [1.165, 1.54) is 82.6 Å². The van der Waals surface area contributed by atoms with Gasteiger partial charge in [-0.2, -0.15) is 0 Å². The van der Waals surface area contributed by atoms with Gasteiger partial charge in [0.1, 0.15) is 5.75 Å². The number of unbranched alkanes of at least 4 members (excludes halogenated alkanes) is 8. The van der Waals surface area contributed by atoms with E-state index >= 15 is 0 Å². The zero-order valence-electron chi connectivity index (χ0n) is 16.4. The zero-order chi connectivity index (χ0) is 17.6. The van der Waals surface area contributed by atoms with E-state index in [1.807, 2.05) is 12.1 Å². The minimum atomic E-state index is 0.491. The van der Waals surface area contributed by atoms with Crippen LogP contribution in [0.3, 0.4) is 0 Å². The van der Waals surface area contributed by atoms with E-state index in [-0.39, 0.29) is 0 Å². The van der Waals surface area contributed by atoms with Crippen molar-refractivity contribution in [2.45, 2.75) is 104 Å². The first-order valence-electron chi connectivity index (χ1n) is 10.5. The van der Waals surface area contributed by atoms with Gasteiger partial charge < -0.3 is 5.11 Å². The van der Waals surface area contributed by atoms with Crippen LogP contribution in [-0.2, 0) is 0 Å². The summed E-state index contributed by atoms with van der Waals surface area (Å²) in [5.41, 5.74) is 1.17. The third-order valence-electron chi connectivity index (χ3n) is 5.57. The number of benzene rings is 1. The highest BCUT2D eigenvalue weighted by Gasteiger charge is 2.22. The highest BCUT2D eigenvalue weighted by atomic mass is 16.3. The van der Waals surface area contributed by atoms with Crippen molar-refractivity contribution in [2.75, 3.05) is 0 Å². The Hall–Kier alpha value is -0.980. The Balaban J connectivity index is 2.37. The molecule has 0 saturated carbocycles. The van der Waals surface area contributed by atoms with Crippen LogP contribution in [0.15, 0.2) is 24.3 Å². The number of para-hydroxylation sites is 1. The first-order chi connectivity index (χ1) is 11.7. The molecule has 1 nitrogen and oxygen atoms in total. The number of rotatable bonds is 14. The first kappa shape index (κ1) is 21.1. The Morgan fingerprint density at radius 3 is 1.83 bits per heavy atom. The largest absolute Gasteiger partial charge is 0.508 e. The summed E-state index contributed by atoms with van der Waals surface area (Å²) in [6.45, 7) is 6.86. The first-order valence-corrected chi connectivity index (χ1v) is 10.5. The van der Waals surface area contributed by atoms with Gasteiger partial charge in [-0.25, -0.2) is 0 Å². The van der Waals surface area contributed by atoms with E-state index < -0.39 is 0 Å². The molecule has 0 spiro atoms. The average molecular weight is 333 g/mol. The molecule has 0 amide bonds. The molecule has 1 aromatic carbocycles. The van der Waals surface area contributed by atoms with E-state index in [2.05, 4.69) is 32.9 Å². The summed E-state index contributed by atoms with van der Waals surface area (Å²) in [6.07, 6.45) is 16.0. The van der Waals surface area contributed by atoms with Crippen molar-refractivity contribution in [1.29, 1.82) is 0 Å². The molecule has 0 aromatic heterocycles. The molecular weight excluding hydrogens is 292 g/mol. The third kappa shape index (κ3) is 7.73. The minimum absolute atomic E-state index is 0.491. The van der Waals surface area contributed by atoms with Crippen molar-refractivity contribution in [3.8, 4) is 5.75 Å². The van der Waals surface area contributed by atoms with Gasteiger partial charge in [-0.05, 0) is 29.9 Å². The van der Waals surface area contributed by atoms with Crippen LogP contribution in [0.4, 0.5) is 0 Å². The maximum absolute atomic E-state index is 10.3. The van der Waals surface area contributed by atoms with E-state index in [9.17, 15) is 5.11 Å². The van der Waals surface area contributed by atoms with Crippen LogP contribution in [0.5, 0.6) is 5.75 Å². The van der Waals surface area contributed by atoms with Crippen LogP contribution in [0, 0.1) is 5.92 Å². The molecular formula is C23H40O. The van der Waals surface area contributed by atoms with Crippen molar-refractivity contribution in [3.63, 3.8) is 0 Å². The molecule has 0 bridgehead atoms. The Morgan fingerprint density at radius 2 is 1.29 bits per heavy atom. The molecule has 24 heavy (non-hydrogen) atoms. The van der Waals surface area contributed by atoms with Crippen LogP contribution in [-0.4, -0.2) is 5.11 Å². The normalized spacial score (nSPS) is 12.7. The van der Waals surface area contributed by atoms with Crippen LogP contribution in [0.1, 0.15) is 109 Å². The molecule has 1 unspecified atom stereocenters. The second kappa shape index (κ2) is 13.3. The minimum Gasteiger partial charge on any atom is -0.508 e. The quantitative estimate of drug-likeness (QED) is 0.344. The van der Waals surface area contributed by atoms with Crippen molar-refractivity contribution in [2.24, 2.45) is 5.92 Å². The van der Waals surface area contributed by atoms with Gasteiger partial charge in [0.2, 0.25) is 0 Å². The Morgan fingerprint density at radius 1 is 0.750 bits per heavy atom. The number of hydrogen-bond acceptors (Lipinski definition) is 1. The van der Waals surface area contributed by atoms with Crippen LogP contribution < -0.4 is 0 Å². The van der Waals surface area contributed by atoms with Crippen LogP contribution >= 0.6 is 0 Å². The molecule has 0 saturated heterocycles. The van der Waals surface area contributed by atoms with Gasteiger partial charge in [0.15, 0.2) is 0 Å². The number of phenols is 1. The van der Waals surface area contributed by atoms with Crippen LogP contribution in [0.2, 0.25) is 0 Å². The van der Waals surface area contributed by atoms with Gasteiger partial charge >= 0.3 is 0 Å². The van der Waals surface area contributed by atoms with Gasteiger partial charge in [0.25, 0.3) is 0 Å². The molecule has 0 aliphatic carbocycles. The molecule has 1 aromatic rings. The highest BCUT2D eigenvalue weighted by molar-refractivity contribution is 5.35. The molecule has 0 radical (unpaired) electrons. The monoisotopic (exact) mass is 332 g/mol. The fraction of sp³-hybridized carbons (Fsp3) is 0.739. The second-order valence-electron chi connectivity index (χ2n) is 7.36. The molecule has 138 valence electrons.